The van der Waals surface area contributed by atoms with Crippen molar-refractivity contribution in [3.8, 4) is 5.75 Å². The third-order valence-corrected chi connectivity index (χ3v) is 3.61. The molecule has 0 saturated heterocycles. The molecule has 0 fully saturated rings. The third-order valence-electron chi connectivity index (χ3n) is 3.61. The number of ether oxygens (including phenoxy) is 1. The van der Waals surface area contributed by atoms with Crippen LogP contribution < -0.4 is 10.1 Å². The Morgan fingerprint density at radius 2 is 2.32 bits per heavy atom. The molecule has 2 N–H and O–H groups in total. The first kappa shape index (κ1) is 12.2. The molecule has 0 aliphatic carbocycles. The van der Waals surface area contributed by atoms with Gasteiger partial charge in [0.1, 0.15) is 11.6 Å². The lowest BCUT2D eigenvalue weighted by Crippen LogP contribution is -2.35. The second-order valence-electron chi connectivity index (χ2n) is 5.04. The summed E-state index contributed by atoms with van der Waals surface area (Å²) in [5.41, 5.74) is 1.26. The van der Waals surface area contributed by atoms with E-state index in [-0.39, 0.29) is 0 Å². The standard InChI is InChI=1S/C15H19N3O/c1-11-10-19-13-5-3-2-4-12(13)15(11)18-7-6-14-16-8-9-17-14/h2-5,8-9,11,15,18H,6-7,10H2,1H3,(H,16,17). The summed E-state index contributed by atoms with van der Waals surface area (Å²) in [7, 11) is 0. The lowest BCUT2D eigenvalue weighted by atomic mass is 9.92. The molecule has 4 heteroatoms. The van der Waals surface area contributed by atoms with Gasteiger partial charge in [0.2, 0.25) is 0 Å². The van der Waals surface area contributed by atoms with Crippen molar-refractivity contribution >= 4 is 0 Å². The van der Waals surface area contributed by atoms with E-state index in [1.807, 2.05) is 18.3 Å². The SMILES string of the molecule is CC1COc2ccccc2C1NCCc1ncc[nH]1. The number of nitrogens with zero attached hydrogens (tertiary/aromatic N) is 1. The minimum atomic E-state index is 0.361. The first-order chi connectivity index (χ1) is 9.34. The van der Waals surface area contributed by atoms with Crippen LogP contribution in [0.2, 0.25) is 0 Å². The number of benzene rings is 1. The molecule has 0 radical (unpaired) electrons. The van der Waals surface area contributed by atoms with E-state index in [0.29, 0.717) is 12.0 Å². The fourth-order valence-corrected chi connectivity index (χ4v) is 2.58. The van der Waals surface area contributed by atoms with Gasteiger partial charge in [0.15, 0.2) is 0 Å². The number of imidazole rings is 1. The van der Waals surface area contributed by atoms with Crippen LogP contribution in [0.3, 0.4) is 0 Å². The fourth-order valence-electron chi connectivity index (χ4n) is 2.58. The highest BCUT2D eigenvalue weighted by atomic mass is 16.5. The normalized spacial score (nSPS) is 21.7. The van der Waals surface area contributed by atoms with Crippen molar-refractivity contribution in [3.63, 3.8) is 0 Å². The van der Waals surface area contributed by atoms with E-state index in [1.54, 1.807) is 6.20 Å². The van der Waals surface area contributed by atoms with Crippen molar-refractivity contribution in [2.24, 2.45) is 5.92 Å². The van der Waals surface area contributed by atoms with E-state index in [0.717, 1.165) is 31.1 Å². The van der Waals surface area contributed by atoms with Gasteiger partial charge in [-0.2, -0.15) is 0 Å². The Bertz CT molecular complexity index is 524. The van der Waals surface area contributed by atoms with E-state index in [1.165, 1.54) is 5.56 Å². The monoisotopic (exact) mass is 257 g/mol. The lowest BCUT2D eigenvalue weighted by Gasteiger charge is -2.32. The van der Waals surface area contributed by atoms with Crippen LogP contribution in [-0.4, -0.2) is 23.1 Å². The minimum absolute atomic E-state index is 0.361. The van der Waals surface area contributed by atoms with Gasteiger partial charge in [-0.25, -0.2) is 4.98 Å². The number of aromatic nitrogens is 2. The Morgan fingerprint density at radius 3 is 3.16 bits per heavy atom. The Labute approximate surface area is 113 Å². The average molecular weight is 257 g/mol. The van der Waals surface area contributed by atoms with Crippen molar-refractivity contribution in [1.82, 2.24) is 15.3 Å². The molecule has 19 heavy (non-hydrogen) atoms. The molecule has 0 bridgehead atoms. The first-order valence-electron chi connectivity index (χ1n) is 6.78. The third kappa shape index (κ3) is 2.63. The molecule has 2 heterocycles. The van der Waals surface area contributed by atoms with E-state index in [2.05, 4.69) is 34.3 Å². The molecule has 4 nitrogen and oxygen atoms in total. The van der Waals surface area contributed by atoms with Crippen LogP contribution in [0.1, 0.15) is 24.4 Å². The number of rotatable bonds is 4. The van der Waals surface area contributed by atoms with E-state index in [4.69, 9.17) is 4.74 Å². The molecule has 0 spiro atoms. The molecule has 1 aliphatic rings. The molecule has 100 valence electrons. The van der Waals surface area contributed by atoms with Crippen LogP contribution in [0.4, 0.5) is 0 Å². The summed E-state index contributed by atoms with van der Waals surface area (Å²) in [6, 6.07) is 8.65. The van der Waals surface area contributed by atoms with Crippen LogP contribution in [0.5, 0.6) is 5.75 Å². The second-order valence-corrected chi connectivity index (χ2v) is 5.04. The number of H-pyrrole nitrogens is 1. The zero-order valence-electron chi connectivity index (χ0n) is 11.1. The van der Waals surface area contributed by atoms with Gasteiger partial charge in [0.05, 0.1) is 6.61 Å². The van der Waals surface area contributed by atoms with Crippen molar-refractivity contribution < 1.29 is 4.74 Å². The second kappa shape index (κ2) is 5.45. The van der Waals surface area contributed by atoms with Gasteiger partial charge in [0.25, 0.3) is 0 Å². The molecule has 1 aromatic heterocycles. The zero-order valence-corrected chi connectivity index (χ0v) is 11.1. The summed E-state index contributed by atoms with van der Waals surface area (Å²) in [6.07, 6.45) is 4.57. The van der Waals surface area contributed by atoms with E-state index >= 15 is 0 Å². The largest absolute Gasteiger partial charge is 0.493 e. The number of aromatic amines is 1. The summed E-state index contributed by atoms with van der Waals surface area (Å²) in [4.78, 5) is 7.37. The van der Waals surface area contributed by atoms with E-state index < -0.39 is 0 Å². The van der Waals surface area contributed by atoms with Gasteiger partial charge in [-0.3, -0.25) is 0 Å². The zero-order chi connectivity index (χ0) is 13.1. The minimum Gasteiger partial charge on any atom is -0.493 e. The number of fused-ring (bicyclic) bond motifs is 1. The number of para-hydroxylation sites is 1. The fraction of sp³-hybridized carbons (Fsp3) is 0.400. The highest BCUT2D eigenvalue weighted by Crippen LogP contribution is 2.34. The first-order valence-corrected chi connectivity index (χ1v) is 6.78. The van der Waals surface area contributed by atoms with Gasteiger partial charge < -0.3 is 15.0 Å². The molecule has 3 rings (SSSR count). The summed E-state index contributed by atoms with van der Waals surface area (Å²) < 4.78 is 5.76. The topological polar surface area (TPSA) is 49.9 Å². The van der Waals surface area contributed by atoms with E-state index in [9.17, 15) is 0 Å². The molecule has 2 unspecified atom stereocenters. The lowest BCUT2D eigenvalue weighted by molar-refractivity contribution is 0.189. The maximum absolute atomic E-state index is 5.76. The van der Waals surface area contributed by atoms with Crippen LogP contribution in [0.15, 0.2) is 36.7 Å². The van der Waals surface area contributed by atoms with Gasteiger partial charge in [-0.15, -0.1) is 0 Å². The maximum Gasteiger partial charge on any atom is 0.124 e. The van der Waals surface area contributed by atoms with Gasteiger partial charge in [-0.05, 0) is 6.07 Å². The summed E-state index contributed by atoms with van der Waals surface area (Å²) in [5, 5.41) is 3.63. The smallest absolute Gasteiger partial charge is 0.124 e. The number of hydrogen-bond donors (Lipinski definition) is 2. The van der Waals surface area contributed by atoms with Crippen molar-refractivity contribution in [2.75, 3.05) is 13.2 Å². The molecular formula is C15H19N3O. The average Bonchev–Trinajstić information content (AvgIpc) is 2.94. The van der Waals surface area contributed by atoms with Crippen LogP contribution in [0, 0.1) is 5.92 Å². The molecule has 0 saturated carbocycles. The molecule has 2 atom stereocenters. The summed E-state index contributed by atoms with van der Waals surface area (Å²) in [5.74, 6) is 2.52. The van der Waals surface area contributed by atoms with Crippen LogP contribution in [-0.2, 0) is 6.42 Å². The van der Waals surface area contributed by atoms with Crippen LogP contribution in [0.25, 0.3) is 0 Å². The molecule has 2 aromatic rings. The predicted octanol–water partition coefficient (Wildman–Crippen LogP) is 2.31. The quantitative estimate of drug-likeness (QED) is 0.883. The van der Waals surface area contributed by atoms with Gasteiger partial charge >= 0.3 is 0 Å². The van der Waals surface area contributed by atoms with Crippen molar-refractivity contribution in [1.29, 1.82) is 0 Å². The van der Waals surface area contributed by atoms with Crippen molar-refractivity contribution in [2.45, 2.75) is 19.4 Å². The van der Waals surface area contributed by atoms with Crippen LogP contribution >= 0.6 is 0 Å². The number of hydrogen-bond acceptors (Lipinski definition) is 3. The highest BCUT2D eigenvalue weighted by Gasteiger charge is 2.26. The summed E-state index contributed by atoms with van der Waals surface area (Å²) >= 11 is 0. The summed E-state index contributed by atoms with van der Waals surface area (Å²) in [6.45, 7) is 3.91. The van der Waals surface area contributed by atoms with Gasteiger partial charge in [-0.1, -0.05) is 25.1 Å². The Kier molecular flexibility index (Phi) is 3.51. The predicted molar refractivity (Wildman–Crippen MR) is 74.1 cm³/mol. The Hall–Kier alpha value is -1.81. The molecule has 0 amide bonds. The Balaban J connectivity index is 1.66. The maximum atomic E-state index is 5.76. The van der Waals surface area contributed by atoms with Gasteiger partial charge in [0, 0.05) is 42.9 Å². The molecule has 1 aromatic carbocycles. The molecular weight excluding hydrogens is 238 g/mol. The Morgan fingerprint density at radius 1 is 1.42 bits per heavy atom. The van der Waals surface area contributed by atoms with Crippen molar-refractivity contribution in [3.05, 3.63) is 48.0 Å². The molecule has 1 aliphatic heterocycles. The number of nitrogens with one attached hydrogen (secondary N) is 2. The highest BCUT2D eigenvalue weighted by molar-refractivity contribution is 5.37.